The lowest BCUT2D eigenvalue weighted by Gasteiger charge is -2.31. The molecule has 120 valence electrons. The zero-order valence-electron chi connectivity index (χ0n) is 12.9. The zero-order valence-corrected chi connectivity index (χ0v) is 12.9. The van der Waals surface area contributed by atoms with Crippen molar-refractivity contribution in [1.82, 2.24) is 0 Å². The van der Waals surface area contributed by atoms with Gasteiger partial charge in [-0.25, -0.2) is 4.79 Å². The van der Waals surface area contributed by atoms with Gasteiger partial charge in [0.2, 0.25) is 5.60 Å². The first-order valence-electron chi connectivity index (χ1n) is 7.43. The molecule has 22 heavy (non-hydrogen) atoms. The van der Waals surface area contributed by atoms with Crippen LogP contribution in [-0.4, -0.2) is 35.4 Å². The monoisotopic (exact) mass is 306 g/mol. The summed E-state index contributed by atoms with van der Waals surface area (Å²) < 4.78 is 5.13. The SMILES string of the molecule is CCCC(O)C(=O)OC(C=O)(C=O)C(CC)c1ccccc1. The topological polar surface area (TPSA) is 80.7 Å². The Morgan fingerprint density at radius 3 is 2.27 bits per heavy atom. The van der Waals surface area contributed by atoms with E-state index in [9.17, 15) is 19.5 Å². The molecule has 0 aliphatic carbocycles. The van der Waals surface area contributed by atoms with Gasteiger partial charge in [-0.15, -0.1) is 0 Å². The molecule has 0 amide bonds. The molecule has 0 spiro atoms. The summed E-state index contributed by atoms with van der Waals surface area (Å²) in [6.07, 6.45) is 0.585. The number of rotatable bonds is 9. The van der Waals surface area contributed by atoms with Crippen molar-refractivity contribution in [2.24, 2.45) is 0 Å². The van der Waals surface area contributed by atoms with E-state index in [1.807, 2.05) is 13.0 Å². The highest BCUT2D eigenvalue weighted by atomic mass is 16.6. The van der Waals surface area contributed by atoms with Gasteiger partial charge in [0.05, 0.1) is 0 Å². The second-order valence-electron chi connectivity index (χ2n) is 5.19. The first kappa shape index (κ1) is 18.0. The van der Waals surface area contributed by atoms with Crippen molar-refractivity contribution in [3.63, 3.8) is 0 Å². The fourth-order valence-corrected chi connectivity index (χ4v) is 2.45. The van der Waals surface area contributed by atoms with Crippen molar-refractivity contribution in [3.8, 4) is 0 Å². The molecule has 1 N–H and O–H groups in total. The third kappa shape index (κ3) is 4.01. The third-order valence-corrected chi connectivity index (χ3v) is 3.63. The molecule has 0 saturated carbocycles. The Labute approximate surface area is 130 Å². The Kier molecular flexibility index (Phi) is 6.92. The number of aliphatic hydroxyl groups excluding tert-OH is 1. The zero-order chi connectivity index (χ0) is 16.6. The molecule has 0 aliphatic rings. The summed E-state index contributed by atoms with van der Waals surface area (Å²) in [7, 11) is 0. The molecule has 0 saturated heterocycles. The first-order chi connectivity index (χ1) is 10.5. The lowest BCUT2D eigenvalue weighted by atomic mass is 9.81. The molecule has 0 aliphatic heterocycles. The second kappa shape index (κ2) is 8.44. The number of carbonyl (C=O) groups excluding carboxylic acids is 3. The Balaban J connectivity index is 3.10. The number of esters is 1. The molecule has 0 aromatic heterocycles. The van der Waals surface area contributed by atoms with Crippen LogP contribution in [0.4, 0.5) is 0 Å². The van der Waals surface area contributed by atoms with Crippen molar-refractivity contribution in [1.29, 1.82) is 0 Å². The maximum absolute atomic E-state index is 11.9. The molecule has 1 rings (SSSR count). The summed E-state index contributed by atoms with van der Waals surface area (Å²) in [5, 5.41) is 9.69. The third-order valence-electron chi connectivity index (χ3n) is 3.63. The highest BCUT2D eigenvalue weighted by Crippen LogP contribution is 2.32. The molecule has 2 unspecified atom stereocenters. The summed E-state index contributed by atoms with van der Waals surface area (Å²) in [4.78, 5) is 35.0. The van der Waals surface area contributed by atoms with Crippen molar-refractivity contribution < 1.29 is 24.2 Å². The lowest BCUT2D eigenvalue weighted by molar-refractivity contribution is -0.175. The predicted octanol–water partition coefficient (Wildman–Crippen LogP) is 2.02. The summed E-state index contributed by atoms with van der Waals surface area (Å²) >= 11 is 0. The fraction of sp³-hybridized carbons (Fsp3) is 0.471. The van der Waals surface area contributed by atoms with Crippen LogP contribution in [0.5, 0.6) is 0 Å². The van der Waals surface area contributed by atoms with E-state index in [-0.39, 0.29) is 6.42 Å². The minimum absolute atomic E-state index is 0.217. The molecule has 5 heteroatoms. The summed E-state index contributed by atoms with van der Waals surface area (Å²) in [6.45, 7) is 3.61. The predicted molar refractivity (Wildman–Crippen MR) is 81.3 cm³/mol. The van der Waals surface area contributed by atoms with Crippen molar-refractivity contribution in [3.05, 3.63) is 35.9 Å². The Hall–Kier alpha value is -2.01. The number of aliphatic hydroxyl groups is 1. The normalized spacial score (nSPS) is 14.0. The quantitative estimate of drug-likeness (QED) is 0.429. The molecule has 0 heterocycles. The van der Waals surface area contributed by atoms with Crippen LogP contribution >= 0.6 is 0 Å². The Morgan fingerprint density at radius 2 is 1.82 bits per heavy atom. The standard InChI is InChI=1S/C17H22O5/c1-3-8-15(20)16(21)22-17(11-18,12-19)14(4-2)13-9-6-5-7-10-13/h5-7,9-12,14-15,20H,3-4,8H2,1-2H3. The highest BCUT2D eigenvalue weighted by molar-refractivity contribution is 5.93. The largest absolute Gasteiger partial charge is 0.441 e. The van der Waals surface area contributed by atoms with E-state index >= 15 is 0 Å². The molecule has 1 aromatic carbocycles. The molecule has 1 aromatic rings. The van der Waals surface area contributed by atoms with Crippen LogP contribution in [0.15, 0.2) is 30.3 Å². The van der Waals surface area contributed by atoms with Crippen LogP contribution in [0.25, 0.3) is 0 Å². The maximum atomic E-state index is 11.9. The molecule has 0 fully saturated rings. The van der Waals surface area contributed by atoms with Crippen LogP contribution < -0.4 is 0 Å². The van der Waals surface area contributed by atoms with Crippen LogP contribution in [0.2, 0.25) is 0 Å². The minimum Gasteiger partial charge on any atom is -0.441 e. The minimum atomic E-state index is -1.91. The van der Waals surface area contributed by atoms with Gasteiger partial charge in [-0.1, -0.05) is 50.6 Å². The van der Waals surface area contributed by atoms with Crippen LogP contribution in [0.1, 0.15) is 44.6 Å². The van der Waals surface area contributed by atoms with Gasteiger partial charge in [-0.2, -0.15) is 0 Å². The van der Waals surface area contributed by atoms with E-state index < -0.39 is 23.6 Å². The van der Waals surface area contributed by atoms with Crippen molar-refractivity contribution in [2.75, 3.05) is 0 Å². The van der Waals surface area contributed by atoms with E-state index in [0.717, 1.165) is 5.56 Å². The lowest BCUT2D eigenvalue weighted by Crippen LogP contribution is -2.46. The van der Waals surface area contributed by atoms with Crippen LogP contribution in [0.3, 0.4) is 0 Å². The van der Waals surface area contributed by atoms with Gasteiger partial charge in [0.15, 0.2) is 18.7 Å². The Bertz CT molecular complexity index is 489. The summed E-state index contributed by atoms with van der Waals surface area (Å²) in [6, 6.07) is 8.92. The smallest absolute Gasteiger partial charge is 0.336 e. The van der Waals surface area contributed by atoms with Gasteiger partial charge in [0, 0.05) is 5.92 Å². The van der Waals surface area contributed by atoms with Crippen molar-refractivity contribution >= 4 is 18.5 Å². The highest BCUT2D eigenvalue weighted by Gasteiger charge is 2.43. The van der Waals surface area contributed by atoms with E-state index in [4.69, 9.17) is 4.74 Å². The summed E-state index contributed by atoms with van der Waals surface area (Å²) in [5.41, 5.74) is -1.19. The number of hydrogen-bond donors (Lipinski definition) is 1. The van der Waals surface area contributed by atoms with Crippen LogP contribution in [-0.2, 0) is 19.1 Å². The van der Waals surface area contributed by atoms with Gasteiger partial charge in [-0.3, -0.25) is 9.59 Å². The molecular formula is C17H22O5. The fourth-order valence-electron chi connectivity index (χ4n) is 2.45. The summed E-state index contributed by atoms with van der Waals surface area (Å²) in [5.74, 6) is -1.54. The van der Waals surface area contributed by atoms with E-state index in [1.165, 1.54) is 0 Å². The number of carbonyl (C=O) groups is 3. The van der Waals surface area contributed by atoms with Gasteiger partial charge in [0.25, 0.3) is 0 Å². The van der Waals surface area contributed by atoms with Gasteiger partial charge < -0.3 is 9.84 Å². The molecule has 2 atom stereocenters. The molecule has 0 bridgehead atoms. The molecule has 5 nitrogen and oxygen atoms in total. The Morgan fingerprint density at radius 1 is 1.23 bits per heavy atom. The average Bonchev–Trinajstić information content (AvgIpc) is 2.55. The van der Waals surface area contributed by atoms with Crippen LogP contribution in [0, 0.1) is 0 Å². The van der Waals surface area contributed by atoms with E-state index in [2.05, 4.69) is 0 Å². The number of benzene rings is 1. The molecule has 0 radical (unpaired) electrons. The second-order valence-corrected chi connectivity index (χ2v) is 5.19. The number of ether oxygens (including phenoxy) is 1. The number of aldehydes is 2. The number of hydrogen-bond acceptors (Lipinski definition) is 5. The van der Waals surface area contributed by atoms with Gasteiger partial charge in [-0.05, 0) is 18.4 Å². The van der Waals surface area contributed by atoms with Gasteiger partial charge >= 0.3 is 5.97 Å². The maximum Gasteiger partial charge on any atom is 0.336 e. The average molecular weight is 306 g/mol. The van der Waals surface area contributed by atoms with E-state index in [1.54, 1.807) is 31.2 Å². The van der Waals surface area contributed by atoms with Gasteiger partial charge in [0.1, 0.15) is 0 Å². The van der Waals surface area contributed by atoms with E-state index in [0.29, 0.717) is 25.4 Å². The van der Waals surface area contributed by atoms with Crippen molar-refractivity contribution in [2.45, 2.75) is 50.7 Å². The molecular weight excluding hydrogens is 284 g/mol. The first-order valence-corrected chi connectivity index (χ1v) is 7.43.